The lowest BCUT2D eigenvalue weighted by Gasteiger charge is -2.37. The molecular formula is C67H42BNO2Si. The van der Waals surface area contributed by atoms with Crippen molar-refractivity contribution in [3.8, 4) is 50.9 Å². The molecule has 0 unspecified atom stereocenters. The van der Waals surface area contributed by atoms with Crippen LogP contribution >= 0.6 is 0 Å². The van der Waals surface area contributed by atoms with Gasteiger partial charge in [-0.2, -0.15) is 0 Å². The molecule has 0 N–H and O–H groups in total. The molecule has 1 spiro atoms. The van der Waals surface area contributed by atoms with Gasteiger partial charge in [-0.1, -0.05) is 218 Å². The first-order valence-corrected chi connectivity index (χ1v) is 27.0. The summed E-state index contributed by atoms with van der Waals surface area (Å²) in [4.78, 5) is 0. The van der Waals surface area contributed by atoms with E-state index >= 15 is 0 Å². The number of para-hydroxylation sites is 2. The van der Waals surface area contributed by atoms with E-state index in [1.54, 1.807) is 0 Å². The molecule has 0 atom stereocenters. The number of ether oxygens (including phenoxy) is 2. The standard InChI is InChI=1S/C67H42BNO2Si/c1-4-20-44(21-5-1)72(45-22-6-2-7-23-45,46-24-8-3-9-25-46)47-36-39-61-57(42-47)68-56-33-17-19-35-60(56)70-62-40-43(41-63(71-61)66(62)68)69-58-34-18-13-29-51(58)65-59(69)38-37-55-64(65)50-28-12-16-32-54(50)67(55)52-30-14-10-26-48(52)49-27-11-15-31-53(49)67/h1-42H. The van der Waals surface area contributed by atoms with Gasteiger partial charge in [0.1, 0.15) is 23.0 Å². The third-order valence-electron chi connectivity index (χ3n) is 16.5. The predicted octanol–water partition coefficient (Wildman–Crippen LogP) is 11.2. The second kappa shape index (κ2) is 14.8. The largest absolute Gasteiger partial charge is 0.458 e. The molecule has 11 aromatic carbocycles. The zero-order valence-electron chi connectivity index (χ0n) is 39.1. The Kier molecular flexibility index (Phi) is 8.21. The highest BCUT2D eigenvalue weighted by atomic mass is 28.3. The van der Waals surface area contributed by atoms with Gasteiger partial charge in [-0.05, 0) is 100 Å². The number of fused-ring (bicyclic) bond motifs is 18. The van der Waals surface area contributed by atoms with Crippen molar-refractivity contribution in [3.63, 3.8) is 0 Å². The fourth-order valence-electron chi connectivity index (χ4n) is 13.8. The van der Waals surface area contributed by atoms with Crippen LogP contribution < -0.4 is 46.6 Å². The van der Waals surface area contributed by atoms with Gasteiger partial charge in [0.15, 0.2) is 8.07 Å². The number of aromatic nitrogens is 1. The highest BCUT2D eigenvalue weighted by Crippen LogP contribution is 2.64. The van der Waals surface area contributed by atoms with Crippen LogP contribution in [0.1, 0.15) is 22.3 Å². The van der Waals surface area contributed by atoms with Crippen molar-refractivity contribution in [1.29, 1.82) is 0 Å². The highest BCUT2D eigenvalue weighted by Gasteiger charge is 2.52. The summed E-state index contributed by atoms with van der Waals surface area (Å²) in [5.74, 6) is 3.37. The first kappa shape index (κ1) is 39.9. The molecule has 0 radical (unpaired) electrons. The Labute approximate surface area is 419 Å². The van der Waals surface area contributed by atoms with E-state index in [1.807, 2.05) is 0 Å². The van der Waals surface area contributed by atoms with Crippen molar-refractivity contribution in [3.05, 3.63) is 277 Å². The lowest BCUT2D eigenvalue weighted by atomic mass is 9.35. The minimum absolute atomic E-state index is 0.113. The van der Waals surface area contributed by atoms with Crippen molar-refractivity contribution in [2.75, 3.05) is 0 Å². The Morgan fingerprint density at radius 2 is 0.875 bits per heavy atom. The van der Waals surface area contributed by atoms with Gasteiger partial charge in [-0.15, -0.1) is 0 Å². The van der Waals surface area contributed by atoms with Crippen molar-refractivity contribution in [2.24, 2.45) is 0 Å². The Morgan fingerprint density at radius 3 is 1.51 bits per heavy atom. The maximum Gasteiger partial charge on any atom is 0.260 e. The summed E-state index contributed by atoms with van der Waals surface area (Å²) in [6.45, 7) is -0.113. The maximum absolute atomic E-state index is 7.26. The molecule has 0 fully saturated rings. The molecule has 5 heteroatoms. The molecule has 2 aliphatic carbocycles. The molecule has 0 bridgehead atoms. The van der Waals surface area contributed by atoms with Gasteiger partial charge in [0, 0.05) is 28.4 Å². The van der Waals surface area contributed by atoms with Gasteiger partial charge in [0.25, 0.3) is 6.71 Å². The van der Waals surface area contributed by atoms with Crippen LogP contribution in [-0.2, 0) is 5.41 Å². The second-order valence-corrected chi connectivity index (χ2v) is 23.6. The van der Waals surface area contributed by atoms with E-state index in [4.69, 9.17) is 9.47 Å². The van der Waals surface area contributed by atoms with Crippen molar-refractivity contribution >= 4 is 73.7 Å². The van der Waals surface area contributed by atoms with Gasteiger partial charge < -0.3 is 14.0 Å². The Balaban J connectivity index is 0.921. The Morgan fingerprint density at radius 1 is 0.361 bits per heavy atom. The van der Waals surface area contributed by atoms with Crippen LogP contribution in [0.25, 0.3) is 49.7 Å². The number of benzene rings is 11. The van der Waals surface area contributed by atoms with E-state index in [9.17, 15) is 0 Å². The zero-order valence-corrected chi connectivity index (χ0v) is 40.1. The summed E-state index contributed by atoms with van der Waals surface area (Å²) in [6, 6.07) is 94.5. The topological polar surface area (TPSA) is 23.4 Å². The fourth-order valence-corrected chi connectivity index (χ4v) is 18.6. The van der Waals surface area contributed by atoms with Crippen LogP contribution in [0.2, 0.25) is 0 Å². The normalized spacial score (nSPS) is 13.9. The molecule has 3 nitrogen and oxygen atoms in total. The summed E-state index contributed by atoms with van der Waals surface area (Å²) in [6.07, 6.45) is 0. The van der Waals surface area contributed by atoms with Gasteiger partial charge in [-0.25, -0.2) is 0 Å². The Hall–Kier alpha value is -8.90. The molecule has 0 amide bonds. The van der Waals surface area contributed by atoms with Gasteiger partial charge in [0.05, 0.1) is 22.1 Å². The molecule has 4 aliphatic rings. The average Bonchev–Trinajstić information content (AvgIpc) is 4.06. The first-order valence-electron chi connectivity index (χ1n) is 25.0. The molecule has 334 valence electrons. The molecule has 72 heavy (non-hydrogen) atoms. The van der Waals surface area contributed by atoms with Crippen LogP contribution in [0.5, 0.6) is 23.0 Å². The summed E-state index contributed by atoms with van der Waals surface area (Å²) in [7, 11) is -2.84. The molecular weight excluding hydrogens is 890 g/mol. The maximum atomic E-state index is 7.26. The van der Waals surface area contributed by atoms with Crippen LogP contribution in [0.3, 0.4) is 0 Å². The summed E-state index contributed by atoms with van der Waals surface area (Å²) < 4.78 is 16.8. The van der Waals surface area contributed by atoms with E-state index in [2.05, 4.69) is 259 Å². The third-order valence-corrected chi connectivity index (χ3v) is 21.3. The van der Waals surface area contributed by atoms with Gasteiger partial charge in [-0.3, -0.25) is 0 Å². The molecule has 12 aromatic rings. The predicted molar refractivity (Wildman–Crippen MR) is 298 cm³/mol. The van der Waals surface area contributed by atoms with Crippen LogP contribution in [0.15, 0.2) is 255 Å². The number of nitrogens with zero attached hydrogens (tertiary/aromatic N) is 1. The molecule has 0 saturated carbocycles. The average molecular weight is 932 g/mol. The smallest absolute Gasteiger partial charge is 0.260 e. The first-order chi connectivity index (χ1) is 35.7. The lowest BCUT2D eigenvalue weighted by molar-refractivity contribution is 0.464. The summed E-state index contributed by atoms with van der Waals surface area (Å²) >= 11 is 0. The van der Waals surface area contributed by atoms with Crippen molar-refractivity contribution in [2.45, 2.75) is 5.41 Å². The van der Waals surface area contributed by atoms with E-state index in [0.717, 1.165) is 56.1 Å². The van der Waals surface area contributed by atoms with Crippen LogP contribution in [-0.4, -0.2) is 19.4 Å². The molecule has 1 aromatic heterocycles. The van der Waals surface area contributed by atoms with Crippen LogP contribution in [0, 0.1) is 0 Å². The quantitative estimate of drug-likeness (QED) is 0.127. The number of rotatable bonds is 5. The van der Waals surface area contributed by atoms with Crippen molar-refractivity contribution < 1.29 is 9.47 Å². The summed E-state index contributed by atoms with van der Waals surface area (Å²) in [5, 5.41) is 7.80. The molecule has 3 heterocycles. The molecule has 16 rings (SSSR count). The minimum atomic E-state index is -2.84. The third kappa shape index (κ3) is 5.10. The monoisotopic (exact) mass is 931 g/mol. The van der Waals surface area contributed by atoms with E-state index < -0.39 is 13.5 Å². The fraction of sp³-hybridized carbons (Fsp3) is 0.0149. The number of hydrogen-bond acceptors (Lipinski definition) is 2. The van der Waals surface area contributed by atoms with E-state index in [1.165, 1.54) is 76.0 Å². The SMILES string of the molecule is c1ccc([Si](c2ccccc2)(c2ccccc2)c2ccc3c(c2)B2c4ccccc4Oc4cc(-n5c6ccccc6c6c7c(ccc65)C5(c6ccccc6-c6ccccc65)c5ccccc5-7)cc(c42)O3)cc1. The number of hydrogen-bond donors (Lipinski definition) is 0. The van der Waals surface area contributed by atoms with E-state index in [0.29, 0.717) is 0 Å². The minimum Gasteiger partial charge on any atom is -0.458 e. The van der Waals surface area contributed by atoms with Gasteiger partial charge >= 0.3 is 0 Å². The molecule has 0 saturated heterocycles. The lowest BCUT2D eigenvalue weighted by Crippen LogP contribution is -2.75. The highest BCUT2D eigenvalue weighted by molar-refractivity contribution is 7.20. The van der Waals surface area contributed by atoms with Gasteiger partial charge in [0.2, 0.25) is 0 Å². The summed E-state index contributed by atoms with van der Waals surface area (Å²) in [5.41, 5.74) is 16.8. The Bertz CT molecular complexity index is 4080. The van der Waals surface area contributed by atoms with E-state index in [-0.39, 0.29) is 6.71 Å². The van der Waals surface area contributed by atoms with Crippen molar-refractivity contribution in [1.82, 2.24) is 4.57 Å². The van der Waals surface area contributed by atoms with Crippen LogP contribution in [0.4, 0.5) is 0 Å². The molecule has 2 aliphatic heterocycles. The second-order valence-electron chi connectivity index (χ2n) is 19.8. The zero-order chi connectivity index (χ0) is 47.1.